The fraction of sp³-hybridized carbons (Fsp3) is 0.400. The Morgan fingerprint density at radius 2 is 2.20 bits per heavy atom. The lowest BCUT2D eigenvalue weighted by atomic mass is 10.0. The van der Waals surface area contributed by atoms with Gasteiger partial charge in [0.15, 0.2) is 0 Å². The molecule has 0 N–H and O–H groups in total. The molecule has 0 aliphatic carbocycles. The van der Waals surface area contributed by atoms with Crippen molar-refractivity contribution in [2.45, 2.75) is 18.1 Å². The highest BCUT2D eigenvalue weighted by Crippen LogP contribution is 2.40. The van der Waals surface area contributed by atoms with E-state index in [2.05, 4.69) is 27.9 Å². The summed E-state index contributed by atoms with van der Waals surface area (Å²) in [5, 5.41) is 0. The van der Waals surface area contributed by atoms with Crippen molar-refractivity contribution in [3.8, 4) is 5.75 Å². The van der Waals surface area contributed by atoms with Crippen LogP contribution in [0, 0.1) is 0 Å². The van der Waals surface area contributed by atoms with Crippen LogP contribution in [0.4, 0.5) is 0 Å². The maximum Gasteiger partial charge on any atom is 0.128 e. The van der Waals surface area contributed by atoms with Crippen molar-refractivity contribution in [2.24, 2.45) is 4.99 Å². The summed E-state index contributed by atoms with van der Waals surface area (Å²) in [4.78, 5) is 9.09. The molecule has 0 spiro atoms. The molecule has 2 atom stereocenters. The number of para-hydroxylation sites is 1. The zero-order valence-corrected chi connectivity index (χ0v) is 12.0. The van der Waals surface area contributed by atoms with E-state index in [0.29, 0.717) is 6.61 Å². The van der Waals surface area contributed by atoms with Crippen LogP contribution in [0.5, 0.6) is 5.75 Å². The van der Waals surface area contributed by atoms with Gasteiger partial charge in [-0.3, -0.25) is 4.90 Å². The predicted molar refractivity (Wildman–Crippen MR) is 79.9 cm³/mol. The van der Waals surface area contributed by atoms with E-state index < -0.39 is 0 Å². The van der Waals surface area contributed by atoms with Crippen molar-refractivity contribution in [3.05, 3.63) is 35.4 Å². The molecule has 3 aliphatic rings. The second-order valence-corrected chi connectivity index (χ2v) is 5.91. The van der Waals surface area contributed by atoms with E-state index in [-0.39, 0.29) is 11.7 Å². The summed E-state index contributed by atoms with van der Waals surface area (Å²) in [7, 11) is 2.11. The first kappa shape index (κ1) is 12.2. The molecule has 104 valence electrons. The van der Waals surface area contributed by atoms with Crippen molar-refractivity contribution in [2.75, 3.05) is 20.2 Å². The van der Waals surface area contributed by atoms with E-state index >= 15 is 0 Å². The van der Waals surface area contributed by atoms with Gasteiger partial charge in [0.2, 0.25) is 0 Å². The predicted octanol–water partition coefficient (Wildman–Crippen LogP) is 2.36. The average molecular weight is 290 g/mol. The first-order chi connectivity index (χ1) is 9.75. The fourth-order valence-corrected chi connectivity index (χ4v) is 3.65. The Labute approximate surface area is 123 Å². The van der Waals surface area contributed by atoms with Crippen molar-refractivity contribution < 1.29 is 4.74 Å². The minimum atomic E-state index is -0.0118. The Kier molecular flexibility index (Phi) is 2.75. The lowest BCUT2D eigenvalue weighted by Gasteiger charge is -2.33. The van der Waals surface area contributed by atoms with Crippen molar-refractivity contribution in [1.29, 1.82) is 0 Å². The zero-order valence-electron chi connectivity index (χ0n) is 11.3. The largest absolute Gasteiger partial charge is 0.493 e. The van der Waals surface area contributed by atoms with E-state index in [0.717, 1.165) is 30.0 Å². The number of ether oxygens (including phenoxy) is 1. The Morgan fingerprint density at radius 3 is 3.10 bits per heavy atom. The molecule has 1 aromatic carbocycles. The molecule has 3 heterocycles. The average Bonchev–Trinajstić information content (AvgIpc) is 2.65. The molecule has 3 aliphatic heterocycles. The molecule has 1 fully saturated rings. The van der Waals surface area contributed by atoms with E-state index in [4.69, 9.17) is 16.3 Å². The maximum absolute atomic E-state index is 6.39. The summed E-state index contributed by atoms with van der Waals surface area (Å²) in [5.41, 5.74) is 3.43. The van der Waals surface area contributed by atoms with Crippen LogP contribution in [-0.2, 0) is 0 Å². The van der Waals surface area contributed by atoms with Gasteiger partial charge < -0.3 is 9.64 Å². The summed E-state index contributed by atoms with van der Waals surface area (Å²) in [5.74, 6) is 0.922. The Bertz CT molecular complexity index is 613. The van der Waals surface area contributed by atoms with Gasteiger partial charge in [-0.15, -0.1) is 0 Å². The van der Waals surface area contributed by atoms with Crippen LogP contribution in [0.3, 0.4) is 0 Å². The van der Waals surface area contributed by atoms with E-state index in [1.54, 1.807) is 0 Å². The van der Waals surface area contributed by atoms with Gasteiger partial charge in [0.1, 0.15) is 17.4 Å². The first-order valence-corrected chi connectivity index (χ1v) is 7.30. The molecule has 5 heteroatoms. The number of likely N-dealkylation sites (N-methyl/N-ethyl adjacent to an activating group) is 1. The smallest absolute Gasteiger partial charge is 0.128 e. The summed E-state index contributed by atoms with van der Waals surface area (Å²) in [6.45, 7) is 1.54. The second-order valence-electron chi connectivity index (χ2n) is 5.41. The summed E-state index contributed by atoms with van der Waals surface area (Å²) >= 11 is 6.39. The van der Waals surface area contributed by atoms with Crippen LogP contribution >= 0.6 is 11.6 Å². The monoisotopic (exact) mass is 289 g/mol. The van der Waals surface area contributed by atoms with E-state index in [9.17, 15) is 0 Å². The Balaban J connectivity index is 1.86. The Morgan fingerprint density at radius 1 is 1.35 bits per heavy atom. The molecule has 2 unspecified atom stereocenters. The van der Waals surface area contributed by atoms with Crippen LogP contribution in [0.25, 0.3) is 5.70 Å². The third-order valence-electron chi connectivity index (χ3n) is 4.17. The standard InChI is InChI=1S/C15H16ClN3O/c1-18-8-13(16)19-9-17-14-10-4-2-3-5-12(10)20-7-6-11(14)15(18)19/h2-5,9,13,15H,6-8H2,1H3. The lowest BCUT2D eigenvalue weighted by molar-refractivity contribution is 0.246. The number of halogens is 1. The number of rotatable bonds is 0. The molecule has 0 saturated carbocycles. The minimum Gasteiger partial charge on any atom is -0.493 e. The molecule has 4 rings (SSSR count). The molecule has 0 aromatic heterocycles. The van der Waals surface area contributed by atoms with Crippen LogP contribution in [0.15, 0.2) is 34.8 Å². The molecule has 0 amide bonds. The highest BCUT2D eigenvalue weighted by Gasteiger charge is 2.41. The molecule has 20 heavy (non-hydrogen) atoms. The SMILES string of the molecule is CN1CC(Cl)N2C=NC3=C(CCOc4ccccc43)C12. The van der Waals surface area contributed by atoms with Gasteiger partial charge in [0, 0.05) is 18.5 Å². The topological polar surface area (TPSA) is 28.1 Å². The second kappa shape index (κ2) is 4.50. The van der Waals surface area contributed by atoms with Gasteiger partial charge in [0.25, 0.3) is 0 Å². The zero-order chi connectivity index (χ0) is 13.7. The number of nitrogens with zero attached hydrogens (tertiary/aromatic N) is 3. The highest BCUT2D eigenvalue weighted by atomic mass is 35.5. The summed E-state index contributed by atoms with van der Waals surface area (Å²) in [6, 6.07) is 8.12. The summed E-state index contributed by atoms with van der Waals surface area (Å²) < 4.78 is 5.87. The molecule has 1 aromatic rings. The van der Waals surface area contributed by atoms with Crippen molar-refractivity contribution >= 4 is 23.6 Å². The van der Waals surface area contributed by atoms with Crippen LogP contribution in [-0.4, -0.2) is 48.0 Å². The molecule has 4 nitrogen and oxygen atoms in total. The van der Waals surface area contributed by atoms with E-state index in [1.807, 2.05) is 24.5 Å². The molecule has 0 radical (unpaired) electrons. The quantitative estimate of drug-likeness (QED) is 0.542. The molecular weight excluding hydrogens is 274 g/mol. The highest BCUT2D eigenvalue weighted by molar-refractivity contribution is 6.21. The number of benzene rings is 1. The van der Waals surface area contributed by atoms with E-state index in [1.165, 1.54) is 5.57 Å². The number of hydrogen-bond donors (Lipinski definition) is 0. The third-order valence-corrected chi connectivity index (χ3v) is 4.53. The van der Waals surface area contributed by atoms with Crippen LogP contribution < -0.4 is 4.74 Å². The van der Waals surface area contributed by atoms with Crippen molar-refractivity contribution in [3.63, 3.8) is 0 Å². The molecule has 1 saturated heterocycles. The first-order valence-electron chi connectivity index (χ1n) is 6.87. The van der Waals surface area contributed by atoms with Gasteiger partial charge in [-0.2, -0.15) is 0 Å². The van der Waals surface area contributed by atoms with Gasteiger partial charge in [-0.25, -0.2) is 4.99 Å². The summed E-state index contributed by atoms with van der Waals surface area (Å²) in [6.07, 6.45) is 2.98. The number of alkyl halides is 1. The van der Waals surface area contributed by atoms with Crippen LogP contribution in [0.1, 0.15) is 12.0 Å². The normalized spacial score (nSPS) is 28.6. The molecule has 0 bridgehead atoms. The van der Waals surface area contributed by atoms with Gasteiger partial charge in [-0.05, 0) is 24.8 Å². The number of fused-ring (bicyclic) bond motifs is 4. The fourth-order valence-electron chi connectivity index (χ4n) is 3.27. The third kappa shape index (κ3) is 1.68. The van der Waals surface area contributed by atoms with Crippen molar-refractivity contribution in [1.82, 2.24) is 9.80 Å². The number of aliphatic imine (C=N–C) groups is 1. The minimum absolute atomic E-state index is 0.0118. The maximum atomic E-state index is 6.39. The van der Waals surface area contributed by atoms with Gasteiger partial charge in [-0.1, -0.05) is 23.7 Å². The Hall–Kier alpha value is -1.52. The van der Waals surface area contributed by atoms with Gasteiger partial charge in [0.05, 0.1) is 18.6 Å². The van der Waals surface area contributed by atoms with Gasteiger partial charge >= 0.3 is 0 Å². The molecular formula is C15H16ClN3O. The van der Waals surface area contributed by atoms with Crippen LogP contribution in [0.2, 0.25) is 0 Å². The lowest BCUT2D eigenvalue weighted by Crippen LogP contribution is -2.41. The number of hydrogen-bond acceptors (Lipinski definition) is 4.